The number of rotatable bonds is 8. The first-order valence-corrected chi connectivity index (χ1v) is 10.6. The van der Waals surface area contributed by atoms with E-state index in [1.165, 1.54) is 4.90 Å². The Morgan fingerprint density at radius 2 is 2.10 bits per heavy atom. The molecule has 3 heterocycles. The number of likely N-dealkylation sites (tertiary alicyclic amines) is 1. The number of carbonyl (C=O) groups is 3. The summed E-state index contributed by atoms with van der Waals surface area (Å²) in [4.78, 5) is 42.3. The predicted octanol–water partition coefficient (Wildman–Crippen LogP) is 1.04. The molecule has 0 saturated carbocycles. The number of aliphatic carboxylic acids is 1. The smallest absolute Gasteiger partial charge is 0.310 e. The molecule has 3 fully saturated rings. The molecular formula is C23H28N2O6. The van der Waals surface area contributed by atoms with E-state index < -0.39 is 47.5 Å². The zero-order valence-corrected chi connectivity index (χ0v) is 17.5. The molecular weight excluding hydrogens is 400 g/mol. The van der Waals surface area contributed by atoms with Crippen LogP contribution >= 0.6 is 0 Å². The zero-order valence-electron chi connectivity index (χ0n) is 17.5. The Balaban J connectivity index is 1.74. The van der Waals surface area contributed by atoms with E-state index in [4.69, 9.17) is 4.74 Å². The van der Waals surface area contributed by atoms with E-state index in [0.717, 1.165) is 5.56 Å². The molecule has 2 amide bonds. The summed E-state index contributed by atoms with van der Waals surface area (Å²) in [5.41, 5.74) is -0.251. The van der Waals surface area contributed by atoms with E-state index in [-0.39, 0.29) is 19.1 Å². The fourth-order valence-corrected chi connectivity index (χ4v) is 5.58. The molecule has 3 aliphatic heterocycles. The van der Waals surface area contributed by atoms with Crippen molar-refractivity contribution in [1.82, 2.24) is 9.80 Å². The Morgan fingerprint density at radius 3 is 2.71 bits per heavy atom. The molecule has 1 aromatic rings. The minimum atomic E-state index is -1.18. The van der Waals surface area contributed by atoms with Gasteiger partial charge in [0.1, 0.15) is 11.6 Å². The average molecular weight is 428 g/mol. The molecule has 2 N–H and O–H groups in total. The highest BCUT2D eigenvalue weighted by atomic mass is 16.5. The van der Waals surface area contributed by atoms with Crippen molar-refractivity contribution in [2.24, 2.45) is 11.8 Å². The number of fused-ring (bicyclic) bond motifs is 1. The maximum Gasteiger partial charge on any atom is 0.310 e. The number of aliphatic hydroxyl groups is 1. The van der Waals surface area contributed by atoms with Gasteiger partial charge >= 0.3 is 5.97 Å². The second kappa shape index (κ2) is 8.09. The van der Waals surface area contributed by atoms with Gasteiger partial charge in [-0.1, -0.05) is 36.4 Å². The van der Waals surface area contributed by atoms with Gasteiger partial charge in [-0.3, -0.25) is 14.4 Å². The highest BCUT2D eigenvalue weighted by Gasteiger charge is 2.75. The third-order valence-corrected chi connectivity index (χ3v) is 6.87. The van der Waals surface area contributed by atoms with Crippen molar-refractivity contribution < 1.29 is 29.3 Å². The second-order valence-corrected chi connectivity index (χ2v) is 8.66. The van der Waals surface area contributed by atoms with Crippen LogP contribution in [-0.2, 0) is 25.7 Å². The third kappa shape index (κ3) is 3.25. The van der Waals surface area contributed by atoms with Crippen LogP contribution in [0.2, 0.25) is 0 Å². The molecule has 8 nitrogen and oxygen atoms in total. The fourth-order valence-electron chi connectivity index (χ4n) is 5.58. The van der Waals surface area contributed by atoms with Gasteiger partial charge in [0.15, 0.2) is 0 Å². The topological polar surface area (TPSA) is 107 Å². The predicted molar refractivity (Wildman–Crippen MR) is 111 cm³/mol. The lowest BCUT2D eigenvalue weighted by Crippen LogP contribution is -2.58. The number of carboxylic acid groups (broad SMARTS) is 1. The van der Waals surface area contributed by atoms with Crippen LogP contribution in [0.5, 0.6) is 0 Å². The number of ether oxygens (including phenoxy) is 1. The molecule has 3 saturated heterocycles. The second-order valence-electron chi connectivity index (χ2n) is 8.66. The summed E-state index contributed by atoms with van der Waals surface area (Å²) < 4.78 is 6.17. The van der Waals surface area contributed by atoms with E-state index >= 15 is 0 Å². The molecule has 0 unspecified atom stereocenters. The average Bonchev–Trinajstić information content (AvgIpc) is 3.40. The first kappa shape index (κ1) is 21.5. The van der Waals surface area contributed by atoms with E-state index in [2.05, 4.69) is 6.58 Å². The van der Waals surface area contributed by atoms with Gasteiger partial charge in [0.05, 0.1) is 30.6 Å². The lowest BCUT2D eigenvalue weighted by molar-refractivity contribution is -0.153. The third-order valence-electron chi connectivity index (χ3n) is 6.87. The molecule has 0 aliphatic carbocycles. The van der Waals surface area contributed by atoms with Crippen LogP contribution in [0.4, 0.5) is 0 Å². The van der Waals surface area contributed by atoms with Crippen LogP contribution < -0.4 is 0 Å². The van der Waals surface area contributed by atoms with Crippen molar-refractivity contribution in [2.75, 3.05) is 13.2 Å². The Hall–Kier alpha value is -2.71. The van der Waals surface area contributed by atoms with Gasteiger partial charge in [-0.25, -0.2) is 0 Å². The Bertz CT molecular complexity index is 889. The molecule has 0 aromatic heterocycles. The monoisotopic (exact) mass is 428 g/mol. The highest BCUT2D eigenvalue weighted by Crippen LogP contribution is 2.58. The molecule has 1 spiro atoms. The Labute approximate surface area is 181 Å². The molecule has 6 atom stereocenters. The largest absolute Gasteiger partial charge is 0.481 e. The van der Waals surface area contributed by atoms with Gasteiger partial charge in [-0.15, -0.1) is 6.58 Å². The van der Waals surface area contributed by atoms with Crippen molar-refractivity contribution in [3.63, 3.8) is 0 Å². The van der Waals surface area contributed by atoms with Crippen LogP contribution in [0.3, 0.4) is 0 Å². The van der Waals surface area contributed by atoms with E-state index in [0.29, 0.717) is 19.4 Å². The van der Waals surface area contributed by atoms with E-state index in [1.807, 2.05) is 30.3 Å². The normalized spacial score (nSPS) is 32.1. The SMILES string of the molecule is C=CCN(Cc1ccccc1)C(=O)[C@@H]1N([C@H](C)CO)C(=O)[C@H]2[C@H](C(=O)O)[C@@H]3CC[C@]12O3. The summed E-state index contributed by atoms with van der Waals surface area (Å²) in [6, 6.07) is 7.88. The van der Waals surface area contributed by atoms with Crippen molar-refractivity contribution in [1.29, 1.82) is 0 Å². The summed E-state index contributed by atoms with van der Waals surface area (Å²) in [5, 5.41) is 19.6. The maximum atomic E-state index is 13.9. The number of nitrogens with zero attached hydrogens (tertiary/aromatic N) is 2. The zero-order chi connectivity index (χ0) is 22.3. The van der Waals surface area contributed by atoms with Gasteiger partial charge in [-0.2, -0.15) is 0 Å². The number of aliphatic hydroxyl groups excluding tert-OH is 1. The van der Waals surface area contributed by atoms with Crippen LogP contribution in [0.25, 0.3) is 0 Å². The van der Waals surface area contributed by atoms with Gasteiger partial charge < -0.3 is 24.7 Å². The Morgan fingerprint density at radius 1 is 1.39 bits per heavy atom. The summed E-state index contributed by atoms with van der Waals surface area (Å²) in [7, 11) is 0. The van der Waals surface area contributed by atoms with E-state index in [9.17, 15) is 24.6 Å². The minimum Gasteiger partial charge on any atom is -0.481 e. The molecule has 0 radical (unpaired) electrons. The first-order chi connectivity index (χ1) is 14.9. The van der Waals surface area contributed by atoms with Gasteiger partial charge in [0, 0.05) is 13.1 Å². The molecule has 2 bridgehead atoms. The molecule has 8 heteroatoms. The minimum absolute atomic E-state index is 0.270. The van der Waals surface area contributed by atoms with Crippen molar-refractivity contribution in [3.05, 3.63) is 48.6 Å². The number of carbonyl (C=O) groups excluding carboxylic acids is 2. The summed E-state index contributed by atoms with van der Waals surface area (Å²) in [6.45, 7) is 5.68. The molecule has 1 aromatic carbocycles. The Kier molecular flexibility index (Phi) is 5.61. The van der Waals surface area contributed by atoms with Crippen LogP contribution in [0, 0.1) is 11.8 Å². The van der Waals surface area contributed by atoms with Crippen molar-refractivity contribution in [2.45, 2.75) is 50.1 Å². The number of hydrogen-bond donors (Lipinski definition) is 2. The van der Waals surface area contributed by atoms with Gasteiger partial charge in [0.2, 0.25) is 11.8 Å². The molecule has 31 heavy (non-hydrogen) atoms. The number of amides is 2. The number of hydrogen-bond acceptors (Lipinski definition) is 5. The summed E-state index contributed by atoms with van der Waals surface area (Å²) in [5.74, 6) is -3.72. The summed E-state index contributed by atoms with van der Waals surface area (Å²) >= 11 is 0. The van der Waals surface area contributed by atoms with Gasteiger partial charge in [-0.05, 0) is 25.3 Å². The lowest BCUT2D eigenvalue weighted by atomic mass is 9.70. The van der Waals surface area contributed by atoms with Crippen LogP contribution in [0.15, 0.2) is 43.0 Å². The summed E-state index contributed by atoms with van der Waals surface area (Å²) in [6.07, 6.45) is 1.98. The number of carboxylic acids is 1. The molecule has 3 aliphatic rings. The van der Waals surface area contributed by atoms with Crippen molar-refractivity contribution in [3.8, 4) is 0 Å². The lowest BCUT2D eigenvalue weighted by Gasteiger charge is -2.38. The first-order valence-electron chi connectivity index (χ1n) is 10.6. The molecule has 4 rings (SSSR count). The standard InChI is InChI=1S/C23H28N2O6/c1-3-11-24(12-15-7-5-4-6-8-15)21(28)19-23-10-9-16(31-23)17(22(29)30)18(23)20(27)25(19)14(2)13-26/h3-8,14,16-19,26H,1,9-13H2,2H3,(H,29,30)/t14-,16+,17-,18-,19+,23-/m1/s1. The van der Waals surface area contributed by atoms with Crippen molar-refractivity contribution >= 4 is 17.8 Å². The van der Waals surface area contributed by atoms with Gasteiger partial charge in [0.25, 0.3) is 0 Å². The highest BCUT2D eigenvalue weighted by molar-refractivity contribution is 5.98. The maximum absolute atomic E-state index is 13.9. The molecule has 166 valence electrons. The van der Waals surface area contributed by atoms with Crippen LogP contribution in [0.1, 0.15) is 25.3 Å². The number of benzene rings is 1. The van der Waals surface area contributed by atoms with E-state index in [1.54, 1.807) is 17.9 Å². The quantitative estimate of drug-likeness (QED) is 0.599. The fraction of sp³-hybridized carbons (Fsp3) is 0.522. The van der Waals surface area contributed by atoms with Crippen LogP contribution in [-0.4, -0.2) is 74.7 Å².